The summed E-state index contributed by atoms with van der Waals surface area (Å²) in [5.41, 5.74) is 1.04. The van der Waals surface area contributed by atoms with Gasteiger partial charge in [0.05, 0.1) is 5.69 Å². The number of halogens is 2. The van der Waals surface area contributed by atoms with Crippen molar-refractivity contribution < 1.29 is 9.18 Å². The predicted octanol–water partition coefficient (Wildman–Crippen LogP) is 6.06. The number of thioether (sulfide) groups is 1. The predicted molar refractivity (Wildman–Crippen MR) is 104 cm³/mol. The monoisotopic (exact) mass is 415 g/mol. The van der Waals surface area contributed by atoms with Gasteiger partial charge in [-0.2, -0.15) is 0 Å². The minimum absolute atomic E-state index is 0.169. The first-order valence-corrected chi connectivity index (χ1v) is 9.33. The second kappa shape index (κ2) is 8.32. The number of rotatable bonds is 5. The number of hydrogen-bond acceptors (Lipinski definition) is 2. The third kappa shape index (κ3) is 4.71. The minimum Gasteiger partial charge on any atom is -0.322 e. The Morgan fingerprint density at radius 1 is 0.960 bits per heavy atom. The van der Waals surface area contributed by atoms with Crippen LogP contribution in [0.1, 0.15) is 10.8 Å². The maximum absolute atomic E-state index is 14.1. The molecule has 0 radical (unpaired) electrons. The molecule has 0 saturated carbocycles. The van der Waals surface area contributed by atoms with Crippen molar-refractivity contribution in [3.63, 3.8) is 0 Å². The lowest BCUT2D eigenvalue weighted by Crippen LogP contribution is -2.19. The van der Waals surface area contributed by atoms with Crippen LogP contribution < -0.4 is 5.32 Å². The molecule has 1 amide bonds. The molecule has 1 N–H and O–H groups in total. The maximum atomic E-state index is 14.1. The van der Waals surface area contributed by atoms with E-state index >= 15 is 0 Å². The van der Waals surface area contributed by atoms with Crippen molar-refractivity contribution in [2.45, 2.75) is 10.1 Å². The molecular weight excluding hydrogens is 401 g/mol. The average Bonchev–Trinajstić information content (AvgIpc) is 2.63. The van der Waals surface area contributed by atoms with Gasteiger partial charge in [-0.15, -0.1) is 11.8 Å². The Morgan fingerprint density at radius 2 is 1.60 bits per heavy atom. The van der Waals surface area contributed by atoms with Gasteiger partial charge in [0.1, 0.15) is 11.1 Å². The van der Waals surface area contributed by atoms with Crippen molar-refractivity contribution in [3.05, 3.63) is 94.7 Å². The van der Waals surface area contributed by atoms with Crippen molar-refractivity contribution in [3.8, 4) is 0 Å². The number of hydrogen-bond donors (Lipinski definition) is 1. The molecule has 3 aromatic carbocycles. The Hall–Kier alpha value is -2.11. The van der Waals surface area contributed by atoms with E-state index in [1.54, 1.807) is 12.1 Å². The van der Waals surface area contributed by atoms with Gasteiger partial charge >= 0.3 is 0 Å². The standard InChI is InChI=1S/C20H15BrFNOS/c21-15-11-12-18(17(22)13-15)23-20(24)19(14-7-3-1-4-8-14)25-16-9-5-2-6-10-16/h1-13,19H,(H,23,24). The quantitative estimate of drug-likeness (QED) is 0.513. The normalized spacial score (nSPS) is 11.8. The maximum Gasteiger partial charge on any atom is 0.242 e. The van der Waals surface area contributed by atoms with Crippen LogP contribution in [0.3, 0.4) is 0 Å². The molecule has 0 fully saturated rings. The van der Waals surface area contributed by atoms with Gasteiger partial charge in [0.2, 0.25) is 5.91 Å². The molecule has 3 aromatic rings. The first kappa shape index (κ1) is 17.7. The third-order valence-electron chi connectivity index (χ3n) is 3.53. The highest BCUT2D eigenvalue weighted by molar-refractivity contribution is 9.10. The van der Waals surface area contributed by atoms with E-state index in [9.17, 15) is 9.18 Å². The van der Waals surface area contributed by atoms with E-state index in [2.05, 4.69) is 21.2 Å². The van der Waals surface area contributed by atoms with Crippen LogP contribution in [-0.4, -0.2) is 5.91 Å². The van der Waals surface area contributed by atoms with Crippen molar-refractivity contribution >= 4 is 39.3 Å². The third-order valence-corrected chi connectivity index (χ3v) is 5.29. The molecule has 0 aromatic heterocycles. The average molecular weight is 416 g/mol. The Balaban J connectivity index is 1.87. The van der Waals surface area contributed by atoms with Crippen LogP contribution in [0, 0.1) is 5.82 Å². The molecule has 0 aliphatic heterocycles. The molecule has 1 unspecified atom stereocenters. The van der Waals surface area contributed by atoms with Crippen molar-refractivity contribution in [1.29, 1.82) is 0 Å². The van der Waals surface area contributed by atoms with Crippen LogP contribution in [0.4, 0.5) is 10.1 Å². The fourth-order valence-corrected chi connectivity index (χ4v) is 3.70. The van der Waals surface area contributed by atoms with Crippen LogP contribution in [0.2, 0.25) is 0 Å². The fraction of sp³-hybridized carbons (Fsp3) is 0.0500. The highest BCUT2D eigenvalue weighted by Crippen LogP contribution is 2.36. The molecule has 3 rings (SSSR count). The topological polar surface area (TPSA) is 29.1 Å². The molecule has 126 valence electrons. The lowest BCUT2D eigenvalue weighted by Gasteiger charge is -2.17. The summed E-state index contributed by atoms with van der Waals surface area (Å²) in [6.07, 6.45) is 0. The summed E-state index contributed by atoms with van der Waals surface area (Å²) in [5.74, 6) is -0.736. The lowest BCUT2D eigenvalue weighted by molar-refractivity contribution is -0.115. The van der Waals surface area contributed by atoms with Gasteiger partial charge in [-0.1, -0.05) is 64.5 Å². The zero-order valence-corrected chi connectivity index (χ0v) is 15.6. The fourth-order valence-electron chi connectivity index (χ4n) is 2.33. The second-order valence-corrected chi connectivity index (χ2v) is 7.43. The van der Waals surface area contributed by atoms with Gasteiger partial charge < -0.3 is 5.32 Å². The second-order valence-electron chi connectivity index (χ2n) is 5.34. The Morgan fingerprint density at radius 3 is 2.24 bits per heavy atom. The summed E-state index contributed by atoms with van der Waals surface area (Å²) in [6, 6.07) is 23.7. The van der Waals surface area contributed by atoms with E-state index in [1.165, 1.54) is 17.8 Å². The molecule has 0 heterocycles. The Bertz CT molecular complexity index is 858. The molecule has 0 spiro atoms. The molecule has 25 heavy (non-hydrogen) atoms. The van der Waals surface area contributed by atoms with Crippen LogP contribution >= 0.6 is 27.7 Å². The van der Waals surface area contributed by atoms with E-state index in [0.717, 1.165) is 10.5 Å². The first-order valence-electron chi connectivity index (χ1n) is 7.66. The molecule has 0 saturated heterocycles. The highest BCUT2D eigenvalue weighted by Gasteiger charge is 2.23. The molecule has 0 aliphatic carbocycles. The molecule has 0 aliphatic rings. The Kier molecular flexibility index (Phi) is 5.89. The molecular formula is C20H15BrFNOS. The van der Waals surface area contributed by atoms with E-state index in [0.29, 0.717) is 4.47 Å². The summed E-state index contributed by atoms with van der Waals surface area (Å²) >= 11 is 4.65. The summed E-state index contributed by atoms with van der Waals surface area (Å²) in [7, 11) is 0. The van der Waals surface area contributed by atoms with E-state index in [1.807, 2.05) is 60.7 Å². The van der Waals surface area contributed by atoms with Crippen LogP contribution in [-0.2, 0) is 4.79 Å². The zero-order valence-electron chi connectivity index (χ0n) is 13.2. The summed E-state index contributed by atoms with van der Waals surface area (Å²) < 4.78 is 14.7. The van der Waals surface area contributed by atoms with E-state index in [4.69, 9.17) is 0 Å². The van der Waals surface area contributed by atoms with Crippen LogP contribution in [0.15, 0.2) is 88.2 Å². The minimum atomic E-state index is -0.480. The number of benzene rings is 3. The van der Waals surface area contributed by atoms with Gasteiger partial charge in [-0.3, -0.25) is 4.79 Å². The number of amides is 1. The Labute approximate surface area is 158 Å². The molecule has 0 bridgehead atoms. The van der Waals surface area contributed by atoms with E-state index in [-0.39, 0.29) is 11.6 Å². The number of anilines is 1. The summed E-state index contributed by atoms with van der Waals surface area (Å²) in [4.78, 5) is 13.8. The number of carbonyl (C=O) groups excluding carboxylic acids is 1. The highest BCUT2D eigenvalue weighted by atomic mass is 79.9. The molecule has 1 atom stereocenters. The SMILES string of the molecule is O=C(Nc1ccc(Br)cc1F)C(Sc1ccccc1)c1ccccc1. The van der Waals surface area contributed by atoms with Crippen LogP contribution in [0.25, 0.3) is 0 Å². The van der Waals surface area contributed by atoms with Crippen molar-refractivity contribution in [2.24, 2.45) is 0 Å². The summed E-state index contributed by atoms with van der Waals surface area (Å²) in [6.45, 7) is 0. The summed E-state index contributed by atoms with van der Waals surface area (Å²) in [5, 5.41) is 2.22. The van der Waals surface area contributed by atoms with Gasteiger partial charge in [-0.05, 0) is 35.9 Å². The first-order chi connectivity index (χ1) is 12.1. The smallest absolute Gasteiger partial charge is 0.242 e. The number of nitrogens with one attached hydrogen (secondary N) is 1. The largest absolute Gasteiger partial charge is 0.322 e. The van der Waals surface area contributed by atoms with Gasteiger partial charge in [0.25, 0.3) is 0 Å². The van der Waals surface area contributed by atoms with Crippen molar-refractivity contribution in [2.75, 3.05) is 5.32 Å². The zero-order chi connectivity index (χ0) is 17.6. The van der Waals surface area contributed by atoms with E-state index < -0.39 is 11.1 Å². The van der Waals surface area contributed by atoms with Gasteiger partial charge in [-0.25, -0.2) is 4.39 Å². The van der Waals surface area contributed by atoms with Gasteiger partial charge in [0.15, 0.2) is 0 Å². The van der Waals surface area contributed by atoms with Crippen molar-refractivity contribution in [1.82, 2.24) is 0 Å². The lowest BCUT2D eigenvalue weighted by atomic mass is 10.1. The molecule has 2 nitrogen and oxygen atoms in total. The van der Waals surface area contributed by atoms with Gasteiger partial charge in [0, 0.05) is 9.37 Å². The van der Waals surface area contributed by atoms with Crippen LogP contribution in [0.5, 0.6) is 0 Å². The number of carbonyl (C=O) groups is 1. The molecule has 5 heteroatoms.